The highest BCUT2D eigenvalue weighted by atomic mass is 16.5. The molecule has 1 aliphatic carbocycles. The largest absolute Gasteiger partial charge is 0.508 e. The smallest absolute Gasteiger partial charge is 0.290 e. The molecule has 18 nitrogen and oxygen atoms in total. The third-order valence-electron chi connectivity index (χ3n) is 20.9. The van der Waals surface area contributed by atoms with Crippen molar-refractivity contribution in [1.29, 1.82) is 0 Å². The van der Waals surface area contributed by atoms with Gasteiger partial charge in [0.15, 0.2) is 0 Å². The summed E-state index contributed by atoms with van der Waals surface area (Å²) in [5, 5.41) is 42.8. The first-order chi connectivity index (χ1) is 52.6. The van der Waals surface area contributed by atoms with E-state index in [9.17, 15) is 29.4 Å². The van der Waals surface area contributed by atoms with Crippen LogP contribution >= 0.6 is 0 Å². The number of fused-ring (bicyclic) bond motifs is 3. The van der Waals surface area contributed by atoms with Gasteiger partial charge in [-0.15, -0.1) is 0 Å². The van der Waals surface area contributed by atoms with Crippen molar-refractivity contribution in [3.8, 4) is 84.4 Å². The molecule has 0 unspecified atom stereocenters. The van der Waals surface area contributed by atoms with E-state index in [-0.39, 0.29) is 65.6 Å². The van der Waals surface area contributed by atoms with Crippen LogP contribution in [0.1, 0.15) is 246 Å². The molecular formula is C93H116N8O10. The number of hydrogen-bond acceptors (Lipinski definition) is 15. The molecule has 13 rings (SSSR count). The van der Waals surface area contributed by atoms with E-state index in [2.05, 4.69) is 202 Å². The molecule has 0 radical (unpaired) electrons. The van der Waals surface area contributed by atoms with Gasteiger partial charge in [-0.1, -0.05) is 155 Å². The Labute approximate surface area is 657 Å². The number of carbonyl (C=O) groups excluding carboxylic acids is 4. The molecule has 0 spiro atoms. The molecule has 2 aliphatic heterocycles. The van der Waals surface area contributed by atoms with E-state index in [1.165, 1.54) is 82.8 Å². The minimum Gasteiger partial charge on any atom is -0.508 e. The first kappa shape index (κ1) is 84.6. The maximum Gasteiger partial charge on any atom is 0.290 e. The molecular weight excluding hydrogens is 1390 g/mol. The molecule has 111 heavy (non-hydrogen) atoms. The molecule has 588 valence electrons. The number of ketones is 1. The molecule has 0 atom stereocenters. The topological polar surface area (TPSA) is 239 Å². The van der Waals surface area contributed by atoms with Crippen molar-refractivity contribution >= 4 is 23.5 Å². The van der Waals surface area contributed by atoms with Gasteiger partial charge in [0, 0.05) is 80.7 Å². The fourth-order valence-corrected chi connectivity index (χ4v) is 15.0. The predicted octanol–water partition coefficient (Wildman–Crippen LogP) is 20.2. The van der Waals surface area contributed by atoms with Crippen LogP contribution < -0.4 is 20.7 Å². The zero-order valence-electron chi connectivity index (χ0n) is 67.7. The van der Waals surface area contributed by atoms with E-state index in [4.69, 9.17) is 18.3 Å². The molecule has 0 saturated heterocycles. The summed E-state index contributed by atoms with van der Waals surface area (Å²) < 4.78 is 23.5. The van der Waals surface area contributed by atoms with E-state index in [1.54, 1.807) is 6.07 Å². The number of hydrogen-bond donors (Lipinski definition) is 5. The van der Waals surface area contributed by atoms with Crippen LogP contribution in [0.2, 0.25) is 0 Å². The minimum atomic E-state index is -0.359. The zero-order valence-corrected chi connectivity index (χ0v) is 67.7. The Morgan fingerprint density at radius 3 is 1.27 bits per heavy atom. The summed E-state index contributed by atoms with van der Waals surface area (Å²) in [4.78, 5) is 53.3. The van der Waals surface area contributed by atoms with Gasteiger partial charge in [0.05, 0.1) is 16.7 Å². The molecule has 10 aromatic rings. The normalized spacial score (nSPS) is 13.2. The molecule has 7 aromatic carbocycles. The van der Waals surface area contributed by atoms with Crippen molar-refractivity contribution in [2.45, 2.75) is 220 Å². The van der Waals surface area contributed by atoms with Crippen molar-refractivity contribution in [1.82, 2.24) is 41.2 Å². The monoisotopic (exact) mass is 1500 g/mol. The van der Waals surface area contributed by atoms with Crippen molar-refractivity contribution in [2.75, 3.05) is 32.7 Å². The highest BCUT2D eigenvalue weighted by Gasteiger charge is 2.33. The number of phenols is 2. The Bertz CT molecular complexity index is 4730. The van der Waals surface area contributed by atoms with Gasteiger partial charge >= 0.3 is 0 Å². The number of nitrogens with one attached hydrogen (secondary N) is 3. The van der Waals surface area contributed by atoms with Gasteiger partial charge in [0.2, 0.25) is 17.3 Å². The van der Waals surface area contributed by atoms with E-state index in [1.807, 2.05) is 58.9 Å². The predicted molar refractivity (Wildman–Crippen MR) is 445 cm³/mol. The molecule has 5 heterocycles. The summed E-state index contributed by atoms with van der Waals surface area (Å²) >= 11 is 0. The third-order valence-corrected chi connectivity index (χ3v) is 20.9. The zero-order chi connectivity index (χ0) is 79.4. The summed E-state index contributed by atoms with van der Waals surface area (Å²) in [7, 11) is 0. The van der Waals surface area contributed by atoms with Crippen LogP contribution in [0.5, 0.6) is 17.2 Å². The van der Waals surface area contributed by atoms with Crippen molar-refractivity contribution in [2.24, 2.45) is 0 Å². The lowest BCUT2D eigenvalue weighted by molar-refractivity contribution is -0.115. The van der Waals surface area contributed by atoms with E-state index < -0.39 is 0 Å². The number of rotatable bonds is 20. The third kappa shape index (κ3) is 19.8. The lowest BCUT2D eigenvalue weighted by Crippen LogP contribution is -2.35. The van der Waals surface area contributed by atoms with Crippen LogP contribution in [-0.2, 0) is 50.2 Å². The van der Waals surface area contributed by atoms with Gasteiger partial charge < -0.3 is 49.3 Å². The molecule has 18 heteroatoms. The highest BCUT2D eigenvalue weighted by Crippen LogP contribution is 2.46. The molecule has 0 fully saturated rings. The number of aryl methyl sites for hydroxylation is 5. The molecule has 3 amide bonds. The van der Waals surface area contributed by atoms with Crippen molar-refractivity contribution in [3.05, 3.63) is 211 Å². The highest BCUT2D eigenvalue weighted by molar-refractivity contribution is 6.04. The summed E-state index contributed by atoms with van der Waals surface area (Å²) in [5.74, 6) is 1.31. The van der Waals surface area contributed by atoms with Gasteiger partial charge in [-0.05, 0) is 253 Å². The maximum atomic E-state index is 13.1. The minimum absolute atomic E-state index is 0. The van der Waals surface area contributed by atoms with Gasteiger partial charge in [-0.2, -0.15) is 0 Å². The summed E-state index contributed by atoms with van der Waals surface area (Å²) in [6.45, 7) is 42.5. The summed E-state index contributed by atoms with van der Waals surface area (Å²) in [5.41, 5.74) is 24.6. The van der Waals surface area contributed by atoms with Crippen LogP contribution in [0, 0.1) is 20.8 Å². The number of ether oxygens (including phenoxy) is 1. The molecule has 3 aliphatic rings. The number of carbonyl (C=O) groups is 4. The second-order valence-electron chi connectivity index (χ2n) is 30.9. The Morgan fingerprint density at radius 2 is 0.838 bits per heavy atom. The molecule has 5 N–H and O–H groups in total. The number of benzene rings is 7. The van der Waals surface area contributed by atoms with Crippen LogP contribution in [0.15, 0.2) is 135 Å². The average molecular weight is 1510 g/mol. The van der Waals surface area contributed by atoms with Crippen LogP contribution in [0.25, 0.3) is 67.2 Å². The summed E-state index contributed by atoms with van der Waals surface area (Å²) in [6.07, 6.45) is 6.47. The van der Waals surface area contributed by atoms with Gasteiger partial charge in [0.1, 0.15) is 46.7 Å². The van der Waals surface area contributed by atoms with Gasteiger partial charge in [0.25, 0.3) is 17.7 Å². The van der Waals surface area contributed by atoms with Crippen LogP contribution in [0.4, 0.5) is 0 Å². The second-order valence-corrected chi connectivity index (χ2v) is 30.9. The number of aromatic nitrogens is 3. The number of phenolic OH excluding ortho intramolecular Hbond substituents is 2. The number of Topliss-reactive ketones (excluding diaryl/α,β-unsaturated/α-hetero) is 1. The van der Waals surface area contributed by atoms with Crippen molar-refractivity contribution in [3.63, 3.8) is 0 Å². The van der Waals surface area contributed by atoms with E-state index >= 15 is 0 Å². The fourth-order valence-electron chi connectivity index (χ4n) is 15.0. The van der Waals surface area contributed by atoms with E-state index in [0.717, 1.165) is 113 Å². The number of nitrogens with zero attached hydrogens (tertiary/aromatic N) is 5. The second kappa shape index (κ2) is 38.0. The first-order valence-electron chi connectivity index (χ1n) is 39.3. The SMILES string of the molecule is C.CC(C)=O.CCNC(=O)c1onc(-c2cc(C(C)C)c(C)cc2C)c1-c1ccc2c(c1)CCN(C(C)C)C2.CCNC(=O)c1onc(-c2cc(C(C)C)c(C)cc2OCc2ccccc2)c1-c1ccc2c(c1)CCCC2.CCNC(=O)c1onc(-c2cc(C(C)C)c(O)cc2O)c1-c1ccc2c(c1)CCN(C(C)C)C2. The molecule has 3 aromatic heterocycles. The Morgan fingerprint density at radius 1 is 0.450 bits per heavy atom. The van der Waals surface area contributed by atoms with Crippen LogP contribution in [-0.4, -0.2) is 104 Å². The Balaban J connectivity index is 0.000000186. The van der Waals surface area contributed by atoms with E-state index in [0.29, 0.717) is 83.8 Å². The Kier molecular flexibility index (Phi) is 29.0. The average Bonchev–Trinajstić information content (AvgIpc) is 1.67. The lowest BCUT2D eigenvalue weighted by Gasteiger charge is -2.32. The molecule has 0 saturated carbocycles. The fraction of sp³-hybridized carbons (Fsp3) is 0.409. The number of aromatic hydroxyl groups is 2. The number of amides is 3. The summed E-state index contributed by atoms with van der Waals surface area (Å²) in [6, 6.07) is 42.1. The first-order valence-corrected chi connectivity index (χ1v) is 39.3. The maximum absolute atomic E-state index is 13.1. The van der Waals surface area contributed by atoms with Gasteiger partial charge in [-0.25, -0.2) is 0 Å². The Hall–Kier alpha value is -10.4. The quantitative estimate of drug-likeness (QED) is 0.0477. The molecule has 0 bridgehead atoms. The van der Waals surface area contributed by atoms with Gasteiger partial charge in [-0.3, -0.25) is 24.2 Å². The standard InChI is InChI=1S/C33H36N2O3.C29H37N3O2.C27H33N3O4.C3H6O.CH4/c1-5-34-33(36)32-30(26-16-15-24-13-9-10-14-25(24)18-26)31(35-38-32)28-19-27(21(2)3)22(4)17-29(28)37-20-23-11-7-6-8-12-23;1-8-30-29(33)28-26(22-9-10-23-16-32(18(4)5)12-11-21(23)14-22)27(31-34-28)25-15-24(17(2)3)19(6)13-20(25)7;1-6-28-27(33)26-24(18-7-8-19-14-30(16(4)5)10-9-17(19)11-18)25(29-34-26)21-12-20(15(2)3)22(31)13-23(21)32;1-3(2)4;/h6-8,11-12,15-19,21H,5,9-10,13-14,20H2,1-4H3,(H,34,36);9-10,13-15,17-18H,8,11-12,16H2,1-7H3,(H,30,33);7-8,11-13,15-16,31-32H,6,9-10,14H2,1-5H3,(H,28,33);1-2H3;1H4. The lowest BCUT2D eigenvalue weighted by atomic mass is 9.87. The van der Waals surface area contributed by atoms with Crippen molar-refractivity contribution < 1.29 is 47.7 Å². The van der Waals surface area contributed by atoms with Crippen LogP contribution in [0.3, 0.4) is 0 Å².